The fourth-order valence-electron chi connectivity index (χ4n) is 5.12. The van der Waals surface area contributed by atoms with E-state index in [0.29, 0.717) is 5.69 Å². The van der Waals surface area contributed by atoms with Crippen molar-refractivity contribution in [2.75, 3.05) is 10.8 Å². The van der Waals surface area contributed by atoms with Gasteiger partial charge in [0.2, 0.25) is 11.8 Å². The van der Waals surface area contributed by atoms with Gasteiger partial charge in [0.15, 0.2) is 0 Å². The molecule has 1 saturated carbocycles. The molecule has 0 radical (unpaired) electrons. The molecule has 1 fully saturated rings. The van der Waals surface area contributed by atoms with E-state index in [-0.39, 0.29) is 23.4 Å². The van der Waals surface area contributed by atoms with Crippen LogP contribution in [0.4, 0.5) is 5.69 Å². The van der Waals surface area contributed by atoms with Crippen LogP contribution in [0.5, 0.6) is 0 Å². The average Bonchev–Trinajstić information content (AvgIpc) is 2.96. The number of hydrogen-bond donors (Lipinski definition) is 1. The van der Waals surface area contributed by atoms with Crippen molar-refractivity contribution >= 4 is 27.5 Å². The maximum Gasteiger partial charge on any atom is 0.264 e. The van der Waals surface area contributed by atoms with Crippen LogP contribution < -0.4 is 9.62 Å². The zero-order valence-corrected chi connectivity index (χ0v) is 24.4. The van der Waals surface area contributed by atoms with Crippen molar-refractivity contribution in [2.45, 2.75) is 76.4 Å². The number of para-hydroxylation sites is 1. The Morgan fingerprint density at radius 3 is 2.15 bits per heavy atom. The topological polar surface area (TPSA) is 86.8 Å². The van der Waals surface area contributed by atoms with Crippen molar-refractivity contribution in [3.63, 3.8) is 0 Å². The molecule has 1 N–H and O–H groups in total. The first-order valence-corrected chi connectivity index (χ1v) is 15.4. The highest BCUT2D eigenvalue weighted by Gasteiger charge is 2.33. The molecule has 212 valence electrons. The van der Waals surface area contributed by atoms with Crippen molar-refractivity contribution in [1.29, 1.82) is 0 Å². The van der Waals surface area contributed by atoms with Gasteiger partial charge in [-0.2, -0.15) is 0 Å². The van der Waals surface area contributed by atoms with Gasteiger partial charge in [0, 0.05) is 12.6 Å². The largest absolute Gasteiger partial charge is 0.352 e. The second-order valence-electron chi connectivity index (χ2n) is 10.6. The van der Waals surface area contributed by atoms with Crippen molar-refractivity contribution in [3.05, 3.63) is 95.6 Å². The first-order valence-electron chi connectivity index (χ1n) is 14.0. The monoisotopic (exact) mass is 561 g/mol. The minimum absolute atomic E-state index is 0.0965. The number of carbonyl (C=O) groups excluding carboxylic acids is 2. The van der Waals surface area contributed by atoms with E-state index in [2.05, 4.69) is 5.32 Å². The van der Waals surface area contributed by atoms with Gasteiger partial charge in [0.25, 0.3) is 10.0 Å². The number of nitrogens with one attached hydrogen (secondary N) is 1. The second kappa shape index (κ2) is 13.1. The van der Waals surface area contributed by atoms with E-state index in [1.165, 1.54) is 23.5 Å². The summed E-state index contributed by atoms with van der Waals surface area (Å²) in [6.45, 7) is 5.27. The number of hydrogen-bond acceptors (Lipinski definition) is 4. The number of rotatable bonds is 10. The standard InChI is InChI=1S/C32H39N3O4S/c1-24-18-20-27(21-19-24)22-34(26(3)32(37)33-28-13-6-4-7-14-28)31(36)23-35(30-17-11-10-12-25(30)2)40(38,39)29-15-8-5-9-16-29/h5,8-12,15-21,26,28H,4,6-7,13-14,22-23H2,1-3H3,(H,33,37)/t26-/m0/s1. The minimum Gasteiger partial charge on any atom is -0.352 e. The Morgan fingerprint density at radius 1 is 0.875 bits per heavy atom. The highest BCUT2D eigenvalue weighted by molar-refractivity contribution is 7.92. The van der Waals surface area contributed by atoms with Crippen LogP contribution in [0.25, 0.3) is 0 Å². The summed E-state index contributed by atoms with van der Waals surface area (Å²) in [5.41, 5.74) is 3.10. The Hall–Kier alpha value is -3.65. The fourth-order valence-corrected chi connectivity index (χ4v) is 6.62. The van der Waals surface area contributed by atoms with Crippen LogP contribution in [0, 0.1) is 13.8 Å². The predicted molar refractivity (Wildman–Crippen MR) is 158 cm³/mol. The molecule has 0 bridgehead atoms. The third-order valence-corrected chi connectivity index (χ3v) is 9.36. The van der Waals surface area contributed by atoms with Gasteiger partial charge in [0.05, 0.1) is 10.6 Å². The van der Waals surface area contributed by atoms with E-state index < -0.39 is 28.5 Å². The summed E-state index contributed by atoms with van der Waals surface area (Å²) in [6, 6.07) is 22.3. The molecule has 0 aliphatic heterocycles. The molecule has 40 heavy (non-hydrogen) atoms. The lowest BCUT2D eigenvalue weighted by Crippen LogP contribution is -2.53. The van der Waals surface area contributed by atoms with Crippen LogP contribution in [0.1, 0.15) is 55.7 Å². The van der Waals surface area contributed by atoms with Crippen molar-refractivity contribution in [1.82, 2.24) is 10.2 Å². The zero-order valence-electron chi connectivity index (χ0n) is 23.5. The first-order chi connectivity index (χ1) is 19.2. The third-order valence-electron chi connectivity index (χ3n) is 7.59. The van der Waals surface area contributed by atoms with E-state index in [1.54, 1.807) is 37.3 Å². The number of sulfonamides is 1. The molecular formula is C32H39N3O4S. The molecule has 1 aliphatic carbocycles. The second-order valence-corrected chi connectivity index (χ2v) is 12.5. The maximum atomic E-state index is 14.1. The number of nitrogens with zero attached hydrogens (tertiary/aromatic N) is 2. The molecule has 0 saturated heterocycles. The van der Waals surface area contributed by atoms with Crippen LogP contribution in [0.2, 0.25) is 0 Å². The Bertz CT molecular complexity index is 1400. The zero-order chi connectivity index (χ0) is 28.7. The number of aryl methyl sites for hydroxylation is 2. The Balaban J connectivity index is 1.67. The molecule has 1 atom stereocenters. The summed E-state index contributed by atoms with van der Waals surface area (Å²) in [5.74, 6) is -0.671. The summed E-state index contributed by atoms with van der Waals surface area (Å²) in [4.78, 5) is 29.0. The van der Waals surface area contributed by atoms with Gasteiger partial charge in [-0.05, 0) is 62.9 Å². The molecule has 3 aromatic carbocycles. The highest BCUT2D eigenvalue weighted by atomic mass is 32.2. The molecule has 0 heterocycles. The van der Waals surface area contributed by atoms with Gasteiger partial charge in [0.1, 0.15) is 12.6 Å². The van der Waals surface area contributed by atoms with Crippen LogP contribution in [-0.4, -0.2) is 43.8 Å². The lowest BCUT2D eigenvalue weighted by molar-refractivity contribution is -0.139. The van der Waals surface area contributed by atoms with Crippen molar-refractivity contribution < 1.29 is 18.0 Å². The van der Waals surface area contributed by atoms with Gasteiger partial charge in [-0.15, -0.1) is 0 Å². The Morgan fingerprint density at radius 2 is 1.50 bits per heavy atom. The van der Waals surface area contributed by atoms with E-state index >= 15 is 0 Å². The van der Waals surface area contributed by atoms with Gasteiger partial charge >= 0.3 is 0 Å². The average molecular weight is 562 g/mol. The van der Waals surface area contributed by atoms with Crippen LogP contribution in [-0.2, 0) is 26.2 Å². The smallest absolute Gasteiger partial charge is 0.264 e. The highest BCUT2D eigenvalue weighted by Crippen LogP contribution is 2.27. The summed E-state index contributed by atoms with van der Waals surface area (Å²) >= 11 is 0. The molecular weight excluding hydrogens is 522 g/mol. The van der Waals surface area contributed by atoms with Crippen LogP contribution in [0.3, 0.4) is 0 Å². The van der Waals surface area contributed by atoms with Gasteiger partial charge in [-0.25, -0.2) is 8.42 Å². The molecule has 8 heteroatoms. The Labute approximate surface area is 238 Å². The Kier molecular flexibility index (Phi) is 9.63. The number of amides is 2. The normalized spacial score (nSPS) is 14.8. The van der Waals surface area contributed by atoms with E-state index in [4.69, 9.17) is 0 Å². The van der Waals surface area contributed by atoms with Crippen molar-refractivity contribution in [2.24, 2.45) is 0 Å². The molecule has 0 unspecified atom stereocenters. The number of anilines is 1. The van der Waals surface area contributed by atoms with E-state index in [9.17, 15) is 18.0 Å². The summed E-state index contributed by atoms with van der Waals surface area (Å²) in [7, 11) is -4.07. The third kappa shape index (κ3) is 7.10. The molecule has 3 aromatic rings. The van der Waals surface area contributed by atoms with E-state index in [1.807, 2.05) is 50.2 Å². The first kappa shape index (κ1) is 29.3. The SMILES string of the molecule is Cc1ccc(CN(C(=O)CN(c2ccccc2C)S(=O)(=O)c2ccccc2)[C@@H](C)C(=O)NC2CCCCC2)cc1. The molecule has 4 rings (SSSR count). The molecule has 0 aromatic heterocycles. The van der Waals surface area contributed by atoms with Gasteiger partial charge in [-0.1, -0.05) is 85.5 Å². The van der Waals surface area contributed by atoms with Crippen molar-refractivity contribution in [3.8, 4) is 0 Å². The molecule has 2 amide bonds. The maximum absolute atomic E-state index is 14.1. The summed E-state index contributed by atoms with van der Waals surface area (Å²) < 4.78 is 28.9. The molecule has 7 nitrogen and oxygen atoms in total. The quantitative estimate of drug-likeness (QED) is 0.361. The molecule has 0 spiro atoms. The van der Waals surface area contributed by atoms with Gasteiger partial charge < -0.3 is 10.2 Å². The minimum atomic E-state index is -4.07. The summed E-state index contributed by atoms with van der Waals surface area (Å²) in [6.07, 6.45) is 5.19. The van der Waals surface area contributed by atoms with Crippen LogP contribution in [0.15, 0.2) is 83.8 Å². The van der Waals surface area contributed by atoms with Crippen LogP contribution >= 0.6 is 0 Å². The predicted octanol–water partition coefficient (Wildman–Crippen LogP) is 5.36. The molecule has 1 aliphatic rings. The number of carbonyl (C=O) groups is 2. The summed E-state index contributed by atoms with van der Waals surface area (Å²) in [5, 5.41) is 3.13. The lowest BCUT2D eigenvalue weighted by Gasteiger charge is -2.33. The lowest BCUT2D eigenvalue weighted by atomic mass is 9.95. The van der Waals surface area contributed by atoms with Gasteiger partial charge in [-0.3, -0.25) is 13.9 Å². The fraction of sp³-hybridized carbons (Fsp3) is 0.375. The number of benzene rings is 3. The van der Waals surface area contributed by atoms with E-state index in [0.717, 1.165) is 46.7 Å².